The van der Waals surface area contributed by atoms with Crippen LogP contribution in [0.1, 0.15) is 46.0 Å². The van der Waals surface area contributed by atoms with Gasteiger partial charge in [-0.25, -0.2) is 0 Å². The predicted molar refractivity (Wildman–Crippen MR) is 55.2 cm³/mol. The molecule has 0 saturated heterocycles. The summed E-state index contributed by atoms with van der Waals surface area (Å²) in [7, 11) is 0. The van der Waals surface area contributed by atoms with Crippen LogP contribution in [0, 0.1) is 0 Å². The van der Waals surface area contributed by atoms with E-state index in [0.29, 0.717) is 0 Å². The van der Waals surface area contributed by atoms with Crippen molar-refractivity contribution in [2.45, 2.75) is 52.1 Å². The summed E-state index contributed by atoms with van der Waals surface area (Å²) in [5, 5.41) is -0.497. The molecule has 0 aromatic rings. The van der Waals surface area contributed by atoms with Gasteiger partial charge in [-0.1, -0.05) is 19.8 Å². The molecule has 0 aliphatic rings. The molecule has 0 rings (SSSR count). The van der Waals surface area contributed by atoms with Gasteiger partial charge < -0.3 is 4.74 Å². The number of hydrogen-bond donors (Lipinski definition) is 0. The van der Waals surface area contributed by atoms with Gasteiger partial charge in [0, 0.05) is 6.42 Å². The van der Waals surface area contributed by atoms with E-state index in [2.05, 4.69) is 6.92 Å². The Kier molecular flexibility index (Phi) is 7.48. The number of rotatable bonds is 7. The fourth-order valence-electron chi connectivity index (χ4n) is 1.03. The molecule has 1 unspecified atom stereocenters. The van der Waals surface area contributed by atoms with Crippen LogP contribution in [0.25, 0.3) is 0 Å². The number of carbonyl (C=O) groups is 2. The smallest absolute Gasteiger partial charge is 0.306 e. The van der Waals surface area contributed by atoms with E-state index < -0.39 is 5.24 Å². The summed E-state index contributed by atoms with van der Waals surface area (Å²) in [6.45, 7) is 3.94. The minimum Gasteiger partial charge on any atom is -0.463 e. The molecule has 0 heterocycles. The largest absolute Gasteiger partial charge is 0.463 e. The number of unbranched alkanes of at least 4 members (excludes halogenated alkanes) is 1. The molecule has 82 valence electrons. The molecule has 14 heavy (non-hydrogen) atoms. The number of esters is 1. The standard InChI is InChI=1S/C10H17ClO3/c1-3-4-5-8(2)14-10(13)7-6-9(11)12/h8H,3-7H2,1-2H3. The van der Waals surface area contributed by atoms with Crippen molar-refractivity contribution in [2.75, 3.05) is 0 Å². The average Bonchev–Trinajstić information content (AvgIpc) is 2.11. The Morgan fingerprint density at radius 2 is 2.00 bits per heavy atom. The quantitative estimate of drug-likeness (QED) is 0.489. The summed E-state index contributed by atoms with van der Waals surface area (Å²) >= 11 is 5.10. The van der Waals surface area contributed by atoms with Crippen LogP contribution in [0.2, 0.25) is 0 Å². The molecule has 4 heteroatoms. The molecule has 0 fully saturated rings. The van der Waals surface area contributed by atoms with Crippen molar-refractivity contribution in [1.82, 2.24) is 0 Å². The van der Waals surface area contributed by atoms with Crippen molar-refractivity contribution in [3.63, 3.8) is 0 Å². The Labute approximate surface area is 89.8 Å². The lowest BCUT2D eigenvalue weighted by Gasteiger charge is -2.11. The molecule has 0 aromatic heterocycles. The third-order valence-corrected chi connectivity index (χ3v) is 2.01. The minimum atomic E-state index is -0.497. The molecule has 3 nitrogen and oxygen atoms in total. The summed E-state index contributed by atoms with van der Waals surface area (Å²) in [6, 6.07) is 0. The first kappa shape index (κ1) is 13.4. The molecular formula is C10H17ClO3. The second-order valence-corrected chi connectivity index (χ2v) is 3.72. The maximum absolute atomic E-state index is 11.1. The van der Waals surface area contributed by atoms with Crippen molar-refractivity contribution in [2.24, 2.45) is 0 Å². The Bertz CT molecular complexity index is 192. The molecule has 0 N–H and O–H groups in total. The zero-order valence-corrected chi connectivity index (χ0v) is 9.47. The molecular weight excluding hydrogens is 204 g/mol. The zero-order valence-electron chi connectivity index (χ0n) is 8.72. The van der Waals surface area contributed by atoms with E-state index in [4.69, 9.17) is 16.3 Å². The summed E-state index contributed by atoms with van der Waals surface area (Å²) in [5.74, 6) is -0.345. The summed E-state index contributed by atoms with van der Waals surface area (Å²) < 4.78 is 5.05. The van der Waals surface area contributed by atoms with Gasteiger partial charge in [-0.3, -0.25) is 9.59 Å². The van der Waals surface area contributed by atoms with Crippen molar-refractivity contribution in [3.05, 3.63) is 0 Å². The average molecular weight is 221 g/mol. The van der Waals surface area contributed by atoms with Gasteiger partial charge in [-0.05, 0) is 24.9 Å². The number of halogens is 1. The fraction of sp³-hybridized carbons (Fsp3) is 0.800. The van der Waals surface area contributed by atoms with Crippen LogP contribution in [-0.4, -0.2) is 17.3 Å². The molecule has 0 bridgehead atoms. The molecule has 0 radical (unpaired) electrons. The zero-order chi connectivity index (χ0) is 11.0. The van der Waals surface area contributed by atoms with Gasteiger partial charge in [0.1, 0.15) is 0 Å². The third kappa shape index (κ3) is 8.05. The lowest BCUT2D eigenvalue weighted by atomic mass is 10.2. The van der Waals surface area contributed by atoms with Crippen molar-refractivity contribution >= 4 is 22.8 Å². The summed E-state index contributed by atoms with van der Waals surface area (Å²) in [5.41, 5.74) is 0. The van der Waals surface area contributed by atoms with Crippen LogP contribution in [0.15, 0.2) is 0 Å². The highest BCUT2D eigenvalue weighted by molar-refractivity contribution is 6.63. The Hall–Kier alpha value is -0.570. The van der Waals surface area contributed by atoms with Gasteiger partial charge in [0.25, 0.3) is 0 Å². The van der Waals surface area contributed by atoms with E-state index in [1.54, 1.807) is 0 Å². The van der Waals surface area contributed by atoms with Crippen LogP contribution in [0.5, 0.6) is 0 Å². The Morgan fingerprint density at radius 1 is 1.36 bits per heavy atom. The van der Waals surface area contributed by atoms with Gasteiger partial charge in [0.05, 0.1) is 12.5 Å². The highest BCUT2D eigenvalue weighted by Crippen LogP contribution is 2.06. The Morgan fingerprint density at radius 3 is 2.50 bits per heavy atom. The van der Waals surface area contributed by atoms with Crippen molar-refractivity contribution < 1.29 is 14.3 Å². The fourth-order valence-corrected chi connectivity index (χ4v) is 1.13. The summed E-state index contributed by atoms with van der Waals surface area (Å²) in [6.07, 6.45) is 3.08. The van der Waals surface area contributed by atoms with Crippen LogP contribution in [0.3, 0.4) is 0 Å². The number of carbonyl (C=O) groups excluding carboxylic acids is 2. The van der Waals surface area contributed by atoms with E-state index in [0.717, 1.165) is 19.3 Å². The third-order valence-electron chi connectivity index (χ3n) is 1.82. The molecule has 0 aliphatic carbocycles. The maximum atomic E-state index is 11.1. The highest BCUT2D eigenvalue weighted by atomic mass is 35.5. The van der Waals surface area contributed by atoms with E-state index in [1.165, 1.54) is 0 Å². The Balaban J connectivity index is 3.55. The molecule has 0 saturated carbocycles. The molecule has 0 spiro atoms. The molecule has 1 atom stereocenters. The lowest BCUT2D eigenvalue weighted by molar-refractivity contribution is -0.149. The van der Waals surface area contributed by atoms with Crippen LogP contribution >= 0.6 is 11.6 Å². The van der Waals surface area contributed by atoms with E-state index in [1.807, 2.05) is 6.92 Å². The number of ether oxygens (including phenoxy) is 1. The minimum absolute atomic E-state index is 0.0564. The van der Waals surface area contributed by atoms with Crippen LogP contribution in [-0.2, 0) is 14.3 Å². The van der Waals surface area contributed by atoms with Gasteiger partial charge in [-0.15, -0.1) is 0 Å². The van der Waals surface area contributed by atoms with Crippen molar-refractivity contribution in [1.29, 1.82) is 0 Å². The van der Waals surface area contributed by atoms with Gasteiger partial charge in [-0.2, -0.15) is 0 Å². The first-order valence-electron chi connectivity index (χ1n) is 4.94. The van der Waals surface area contributed by atoms with Gasteiger partial charge >= 0.3 is 5.97 Å². The monoisotopic (exact) mass is 220 g/mol. The second kappa shape index (κ2) is 7.80. The first-order valence-corrected chi connectivity index (χ1v) is 5.31. The van der Waals surface area contributed by atoms with E-state index >= 15 is 0 Å². The van der Waals surface area contributed by atoms with Crippen LogP contribution < -0.4 is 0 Å². The SMILES string of the molecule is CCCCC(C)OC(=O)CCC(=O)Cl. The van der Waals surface area contributed by atoms with Gasteiger partial charge in [0.15, 0.2) is 0 Å². The second-order valence-electron chi connectivity index (χ2n) is 3.30. The highest BCUT2D eigenvalue weighted by Gasteiger charge is 2.10. The molecule has 0 amide bonds. The first-order chi connectivity index (χ1) is 6.56. The predicted octanol–water partition coefficient (Wildman–Crippen LogP) is 2.65. The van der Waals surface area contributed by atoms with Crippen molar-refractivity contribution in [3.8, 4) is 0 Å². The van der Waals surface area contributed by atoms with E-state index in [9.17, 15) is 9.59 Å². The topological polar surface area (TPSA) is 43.4 Å². The maximum Gasteiger partial charge on any atom is 0.306 e. The van der Waals surface area contributed by atoms with Gasteiger partial charge in [0.2, 0.25) is 5.24 Å². The summed E-state index contributed by atoms with van der Waals surface area (Å²) in [4.78, 5) is 21.5. The van der Waals surface area contributed by atoms with E-state index in [-0.39, 0.29) is 24.9 Å². The van der Waals surface area contributed by atoms with Crippen LogP contribution in [0.4, 0.5) is 0 Å². The molecule has 0 aromatic carbocycles. The molecule has 0 aliphatic heterocycles. The normalized spacial score (nSPS) is 12.2. The number of hydrogen-bond acceptors (Lipinski definition) is 3. The lowest BCUT2D eigenvalue weighted by Crippen LogP contribution is -2.15.